The summed E-state index contributed by atoms with van der Waals surface area (Å²) in [6.45, 7) is 2.04. The molecule has 4 N–H and O–H groups in total. The van der Waals surface area contributed by atoms with Gasteiger partial charge in [0.05, 0.1) is 17.9 Å². The van der Waals surface area contributed by atoms with Gasteiger partial charge in [-0.2, -0.15) is 0 Å². The van der Waals surface area contributed by atoms with E-state index in [0.29, 0.717) is 52.3 Å². The summed E-state index contributed by atoms with van der Waals surface area (Å²) in [5.74, 6) is -0.593. The van der Waals surface area contributed by atoms with Crippen LogP contribution in [-0.2, 0) is 27.2 Å². The Morgan fingerprint density at radius 2 is 1.83 bits per heavy atom. The molecule has 9 heteroatoms. The van der Waals surface area contributed by atoms with Gasteiger partial charge in [0.1, 0.15) is 0 Å². The number of aromatic nitrogens is 1. The van der Waals surface area contributed by atoms with Crippen LogP contribution in [0, 0.1) is 0 Å². The van der Waals surface area contributed by atoms with Crippen molar-refractivity contribution in [1.82, 2.24) is 4.98 Å². The molecule has 42 heavy (non-hydrogen) atoms. The van der Waals surface area contributed by atoms with E-state index in [1.165, 1.54) is 0 Å². The van der Waals surface area contributed by atoms with Gasteiger partial charge in [-0.05, 0) is 67.5 Å². The van der Waals surface area contributed by atoms with E-state index in [1.54, 1.807) is 31.2 Å². The Kier molecular flexibility index (Phi) is 7.31. The van der Waals surface area contributed by atoms with Gasteiger partial charge in [-0.1, -0.05) is 36.4 Å². The molecule has 1 aliphatic carbocycles. The summed E-state index contributed by atoms with van der Waals surface area (Å²) in [6.07, 6.45) is 4.10. The number of rotatable bonds is 7. The van der Waals surface area contributed by atoms with E-state index in [4.69, 9.17) is 4.74 Å². The van der Waals surface area contributed by atoms with Crippen molar-refractivity contribution in [3.8, 4) is 0 Å². The first-order valence-electron chi connectivity index (χ1n) is 14.1. The highest BCUT2D eigenvalue weighted by molar-refractivity contribution is 6.35. The first-order valence-corrected chi connectivity index (χ1v) is 14.1. The maximum absolute atomic E-state index is 13.1. The van der Waals surface area contributed by atoms with Crippen LogP contribution in [0.15, 0.2) is 60.7 Å². The smallest absolute Gasteiger partial charge is 0.323 e. The van der Waals surface area contributed by atoms with Crippen LogP contribution in [0.3, 0.4) is 0 Å². The Bertz CT molecular complexity index is 1780. The number of Topliss-reactive ketones (excluding diaryl/α,β-unsaturated/α-hetero) is 1. The number of carbonyl (C=O) groups is 4. The molecule has 2 heterocycles. The molecule has 3 amide bonds. The number of ketones is 1. The lowest BCUT2D eigenvalue weighted by atomic mass is 9.91. The van der Waals surface area contributed by atoms with Crippen LogP contribution in [0.25, 0.3) is 22.4 Å². The molecule has 0 unspecified atom stereocenters. The lowest BCUT2D eigenvalue weighted by Gasteiger charge is -2.12. The minimum Gasteiger partial charge on any atom is -0.466 e. The van der Waals surface area contributed by atoms with Gasteiger partial charge in [-0.15, -0.1) is 0 Å². The SMILES string of the molecule is CCOC(=O)CCc1c(/C=C2\C(=O)Nc3ccc(NC(=O)Nc4cccc5ccccc45)cc32)[nH]c2c1C(=O)CCC2. The van der Waals surface area contributed by atoms with Crippen LogP contribution in [0.5, 0.6) is 0 Å². The van der Waals surface area contributed by atoms with Crippen LogP contribution in [0.4, 0.5) is 21.9 Å². The highest BCUT2D eigenvalue weighted by Crippen LogP contribution is 2.37. The summed E-state index contributed by atoms with van der Waals surface area (Å²) in [7, 11) is 0. The molecule has 0 radical (unpaired) electrons. The van der Waals surface area contributed by atoms with Gasteiger partial charge in [0.2, 0.25) is 0 Å². The number of nitrogens with one attached hydrogen (secondary N) is 4. The van der Waals surface area contributed by atoms with Crippen molar-refractivity contribution >= 4 is 63.2 Å². The van der Waals surface area contributed by atoms with E-state index in [1.807, 2.05) is 42.5 Å². The molecule has 212 valence electrons. The normalized spacial score (nSPS) is 14.8. The number of hydrogen-bond donors (Lipinski definition) is 4. The van der Waals surface area contributed by atoms with Crippen molar-refractivity contribution in [2.75, 3.05) is 22.6 Å². The van der Waals surface area contributed by atoms with Gasteiger partial charge in [-0.3, -0.25) is 14.4 Å². The summed E-state index contributed by atoms with van der Waals surface area (Å²) >= 11 is 0. The van der Waals surface area contributed by atoms with Gasteiger partial charge in [0, 0.05) is 52.1 Å². The molecule has 9 nitrogen and oxygen atoms in total. The number of carbonyl (C=O) groups excluding carboxylic acids is 4. The third-order valence-electron chi connectivity index (χ3n) is 7.60. The van der Waals surface area contributed by atoms with Gasteiger partial charge >= 0.3 is 12.0 Å². The number of benzene rings is 3. The number of aryl methyl sites for hydroxylation is 1. The Morgan fingerprint density at radius 3 is 2.69 bits per heavy atom. The van der Waals surface area contributed by atoms with Crippen LogP contribution in [0.1, 0.15) is 59.1 Å². The van der Waals surface area contributed by atoms with E-state index in [2.05, 4.69) is 20.9 Å². The number of urea groups is 1. The maximum atomic E-state index is 13.1. The van der Waals surface area contributed by atoms with Gasteiger partial charge in [-0.25, -0.2) is 4.79 Å². The molecule has 0 atom stereocenters. The molecule has 1 aliphatic heterocycles. The molecule has 2 aliphatic rings. The Labute approximate surface area is 242 Å². The fraction of sp³-hybridized carbons (Fsp3) is 0.212. The quantitative estimate of drug-likeness (QED) is 0.155. The monoisotopic (exact) mass is 562 g/mol. The Hall–Kier alpha value is -5.18. The third-order valence-corrected chi connectivity index (χ3v) is 7.60. The minimum atomic E-state index is -0.411. The zero-order valence-corrected chi connectivity index (χ0v) is 23.1. The fourth-order valence-electron chi connectivity index (χ4n) is 5.71. The van der Waals surface area contributed by atoms with E-state index in [9.17, 15) is 19.2 Å². The summed E-state index contributed by atoms with van der Waals surface area (Å²) in [5.41, 5.74) is 5.64. The fourth-order valence-corrected chi connectivity index (χ4v) is 5.71. The Balaban J connectivity index is 1.28. The van der Waals surface area contributed by atoms with Crippen molar-refractivity contribution in [3.63, 3.8) is 0 Å². The summed E-state index contributed by atoms with van der Waals surface area (Å²) in [4.78, 5) is 54.3. The number of esters is 1. The standard InChI is InChI=1S/C33H30N4O5/c1-2-42-30(39)16-14-22-28(35-27-11-6-12-29(38)31(22)27)18-24-23-17-20(13-15-26(23)36-32(24)40)34-33(41)37-25-10-5-8-19-7-3-4-9-21(19)25/h3-5,7-10,13,15,17-18,35H,2,6,11-12,14,16H2,1H3,(H,36,40)(H2,34,37,41)/b24-18-. The van der Waals surface area contributed by atoms with Crippen molar-refractivity contribution < 1.29 is 23.9 Å². The molecule has 0 bridgehead atoms. The van der Waals surface area contributed by atoms with Crippen molar-refractivity contribution in [2.24, 2.45) is 0 Å². The molecule has 6 rings (SSSR count). The maximum Gasteiger partial charge on any atom is 0.323 e. The number of hydrogen-bond acceptors (Lipinski definition) is 5. The van der Waals surface area contributed by atoms with Crippen molar-refractivity contribution in [2.45, 2.75) is 39.0 Å². The molecule has 0 saturated carbocycles. The number of amides is 3. The average Bonchev–Trinajstić information content (AvgIpc) is 3.49. The van der Waals surface area contributed by atoms with E-state index >= 15 is 0 Å². The molecule has 0 saturated heterocycles. The molecular weight excluding hydrogens is 532 g/mol. The molecule has 3 aromatic carbocycles. The average molecular weight is 563 g/mol. The number of anilines is 3. The zero-order valence-electron chi connectivity index (χ0n) is 23.1. The van der Waals surface area contributed by atoms with E-state index in [0.717, 1.165) is 34.9 Å². The van der Waals surface area contributed by atoms with Crippen LogP contribution in [-0.4, -0.2) is 35.3 Å². The van der Waals surface area contributed by atoms with E-state index < -0.39 is 6.03 Å². The highest BCUT2D eigenvalue weighted by atomic mass is 16.5. The van der Waals surface area contributed by atoms with Crippen molar-refractivity contribution in [3.05, 3.63) is 88.7 Å². The summed E-state index contributed by atoms with van der Waals surface area (Å²) in [5, 5.41) is 10.6. The van der Waals surface area contributed by atoms with Crippen molar-refractivity contribution in [1.29, 1.82) is 0 Å². The topological polar surface area (TPSA) is 129 Å². The summed E-state index contributed by atoms with van der Waals surface area (Å²) < 4.78 is 5.10. The van der Waals surface area contributed by atoms with Crippen LogP contribution in [0.2, 0.25) is 0 Å². The third kappa shape index (κ3) is 5.28. The lowest BCUT2D eigenvalue weighted by molar-refractivity contribution is -0.143. The predicted octanol–water partition coefficient (Wildman–Crippen LogP) is 6.32. The lowest BCUT2D eigenvalue weighted by Crippen LogP contribution is -2.19. The largest absolute Gasteiger partial charge is 0.466 e. The van der Waals surface area contributed by atoms with Gasteiger partial charge in [0.25, 0.3) is 5.91 Å². The zero-order chi connectivity index (χ0) is 29.2. The number of fused-ring (bicyclic) bond motifs is 3. The predicted molar refractivity (Wildman–Crippen MR) is 163 cm³/mol. The van der Waals surface area contributed by atoms with Crippen LogP contribution >= 0.6 is 0 Å². The molecule has 0 spiro atoms. The number of aromatic amines is 1. The second-order valence-corrected chi connectivity index (χ2v) is 10.3. The molecule has 4 aromatic rings. The van der Waals surface area contributed by atoms with Gasteiger partial charge in [0.15, 0.2) is 5.78 Å². The second kappa shape index (κ2) is 11.4. The summed E-state index contributed by atoms with van der Waals surface area (Å²) in [6, 6.07) is 18.3. The Morgan fingerprint density at radius 1 is 1.00 bits per heavy atom. The molecular formula is C33H30N4O5. The minimum absolute atomic E-state index is 0.0379. The first-order chi connectivity index (χ1) is 20.4. The van der Waals surface area contributed by atoms with Crippen LogP contribution < -0.4 is 16.0 Å². The first kappa shape index (κ1) is 27.0. The number of H-pyrrole nitrogens is 1. The van der Waals surface area contributed by atoms with E-state index in [-0.39, 0.29) is 30.7 Å². The highest BCUT2D eigenvalue weighted by Gasteiger charge is 2.29. The van der Waals surface area contributed by atoms with Gasteiger partial charge < -0.3 is 25.7 Å². The molecule has 0 fully saturated rings. The second-order valence-electron chi connectivity index (χ2n) is 10.3. The number of ether oxygens (including phenoxy) is 1. The molecule has 1 aromatic heterocycles.